The van der Waals surface area contributed by atoms with E-state index in [4.69, 9.17) is 5.73 Å². The first kappa shape index (κ1) is 12.2. The van der Waals surface area contributed by atoms with Crippen LogP contribution in [-0.2, 0) is 18.3 Å². The number of carbonyl (C=O) groups excluding carboxylic acids is 1. The lowest BCUT2D eigenvalue weighted by molar-refractivity contribution is -0.123. The van der Waals surface area contributed by atoms with Crippen molar-refractivity contribution in [2.75, 3.05) is 6.54 Å². The first-order chi connectivity index (χ1) is 8.19. The second-order valence-corrected chi connectivity index (χ2v) is 4.98. The van der Waals surface area contributed by atoms with Crippen molar-refractivity contribution in [1.29, 1.82) is 0 Å². The van der Waals surface area contributed by atoms with Gasteiger partial charge in [0.15, 0.2) is 0 Å². The van der Waals surface area contributed by atoms with Crippen LogP contribution in [0.15, 0.2) is 6.20 Å². The summed E-state index contributed by atoms with van der Waals surface area (Å²) in [7, 11) is 1.81. The van der Waals surface area contributed by atoms with Crippen molar-refractivity contribution in [2.24, 2.45) is 24.6 Å². The molecule has 0 atom stereocenters. The van der Waals surface area contributed by atoms with Crippen molar-refractivity contribution in [2.45, 2.75) is 32.1 Å². The van der Waals surface area contributed by atoms with Crippen molar-refractivity contribution >= 4 is 5.78 Å². The van der Waals surface area contributed by atoms with Gasteiger partial charge in [-0.05, 0) is 38.1 Å². The Kier molecular flexibility index (Phi) is 3.89. The lowest BCUT2D eigenvalue weighted by Crippen LogP contribution is -2.26. The van der Waals surface area contributed by atoms with Gasteiger partial charge < -0.3 is 5.73 Å². The molecule has 0 unspecified atom stereocenters. The SMILES string of the molecule is Cn1cc(CC(=O)C2CCC(CN)CC2)nn1. The number of ketones is 1. The molecule has 0 saturated heterocycles. The Morgan fingerprint density at radius 3 is 2.71 bits per heavy atom. The van der Waals surface area contributed by atoms with Crippen LogP contribution in [0, 0.1) is 11.8 Å². The van der Waals surface area contributed by atoms with Crippen LogP contribution in [0.1, 0.15) is 31.4 Å². The van der Waals surface area contributed by atoms with Crippen LogP contribution in [0.25, 0.3) is 0 Å². The third-order valence-corrected chi connectivity index (χ3v) is 3.64. The normalized spacial score (nSPS) is 24.8. The van der Waals surface area contributed by atoms with E-state index in [0.717, 1.165) is 37.9 Å². The summed E-state index contributed by atoms with van der Waals surface area (Å²) >= 11 is 0. The zero-order chi connectivity index (χ0) is 12.3. The molecule has 94 valence electrons. The summed E-state index contributed by atoms with van der Waals surface area (Å²) in [6, 6.07) is 0. The van der Waals surface area contributed by atoms with E-state index in [1.54, 1.807) is 4.68 Å². The highest BCUT2D eigenvalue weighted by atomic mass is 16.1. The van der Waals surface area contributed by atoms with Gasteiger partial charge in [0.25, 0.3) is 0 Å². The van der Waals surface area contributed by atoms with E-state index in [1.807, 2.05) is 13.2 Å². The zero-order valence-corrected chi connectivity index (χ0v) is 10.3. The van der Waals surface area contributed by atoms with Crippen LogP contribution in [0.3, 0.4) is 0 Å². The number of carbonyl (C=O) groups is 1. The molecule has 0 amide bonds. The fraction of sp³-hybridized carbons (Fsp3) is 0.750. The predicted octanol–water partition coefficient (Wildman–Crippen LogP) is 0.692. The summed E-state index contributed by atoms with van der Waals surface area (Å²) in [5, 5.41) is 7.79. The van der Waals surface area contributed by atoms with Crippen molar-refractivity contribution in [3.05, 3.63) is 11.9 Å². The Morgan fingerprint density at radius 2 is 2.18 bits per heavy atom. The Labute approximate surface area is 101 Å². The number of aromatic nitrogens is 3. The van der Waals surface area contributed by atoms with E-state index in [-0.39, 0.29) is 5.92 Å². The molecule has 0 aromatic carbocycles. The summed E-state index contributed by atoms with van der Waals surface area (Å²) in [5.41, 5.74) is 6.42. The largest absolute Gasteiger partial charge is 0.330 e. The maximum atomic E-state index is 12.1. The summed E-state index contributed by atoms with van der Waals surface area (Å²) < 4.78 is 1.63. The van der Waals surface area contributed by atoms with Crippen molar-refractivity contribution < 1.29 is 4.79 Å². The third kappa shape index (κ3) is 3.12. The fourth-order valence-electron chi connectivity index (χ4n) is 2.52. The van der Waals surface area contributed by atoms with E-state index >= 15 is 0 Å². The minimum Gasteiger partial charge on any atom is -0.330 e. The Hall–Kier alpha value is -1.23. The molecule has 1 aliphatic carbocycles. The van der Waals surface area contributed by atoms with Gasteiger partial charge >= 0.3 is 0 Å². The molecule has 2 rings (SSSR count). The van der Waals surface area contributed by atoms with Gasteiger partial charge in [0, 0.05) is 19.2 Å². The molecule has 0 radical (unpaired) electrons. The molecule has 1 aromatic heterocycles. The molecular formula is C12H20N4O. The minimum atomic E-state index is 0.208. The van der Waals surface area contributed by atoms with Gasteiger partial charge in [-0.1, -0.05) is 5.21 Å². The molecule has 1 aliphatic rings. The van der Waals surface area contributed by atoms with Crippen molar-refractivity contribution in [1.82, 2.24) is 15.0 Å². The first-order valence-electron chi connectivity index (χ1n) is 6.27. The third-order valence-electron chi connectivity index (χ3n) is 3.64. The second kappa shape index (κ2) is 5.40. The maximum Gasteiger partial charge on any atom is 0.142 e. The van der Waals surface area contributed by atoms with Gasteiger partial charge in [0.2, 0.25) is 0 Å². The molecule has 2 N–H and O–H groups in total. The Balaban J connectivity index is 1.85. The average Bonchev–Trinajstić information content (AvgIpc) is 2.75. The number of aryl methyl sites for hydroxylation is 1. The summed E-state index contributed by atoms with van der Waals surface area (Å²) in [4.78, 5) is 12.1. The number of rotatable bonds is 4. The van der Waals surface area contributed by atoms with Gasteiger partial charge in [-0.25, -0.2) is 0 Å². The van der Waals surface area contributed by atoms with Crippen LogP contribution in [-0.4, -0.2) is 27.3 Å². The molecule has 0 bridgehead atoms. The molecular weight excluding hydrogens is 216 g/mol. The van der Waals surface area contributed by atoms with E-state index in [2.05, 4.69) is 10.3 Å². The van der Waals surface area contributed by atoms with Crippen LogP contribution in [0.4, 0.5) is 0 Å². The van der Waals surface area contributed by atoms with Crippen LogP contribution in [0.2, 0.25) is 0 Å². The molecule has 1 fully saturated rings. The van der Waals surface area contributed by atoms with Gasteiger partial charge in [-0.3, -0.25) is 9.48 Å². The number of nitrogens with two attached hydrogens (primary N) is 1. The average molecular weight is 236 g/mol. The summed E-state index contributed by atoms with van der Waals surface area (Å²) in [5.74, 6) is 1.14. The van der Waals surface area contributed by atoms with E-state index in [1.165, 1.54) is 0 Å². The zero-order valence-electron chi connectivity index (χ0n) is 10.3. The standard InChI is InChI=1S/C12H20N4O/c1-16-8-11(14-15-16)6-12(17)10-4-2-9(7-13)3-5-10/h8-10H,2-7,13H2,1H3. The predicted molar refractivity (Wildman–Crippen MR) is 64.2 cm³/mol. The maximum absolute atomic E-state index is 12.1. The first-order valence-corrected chi connectivity index (χ1v) is 6.27. The molecule has 0 spiro atoms. The lowest BCUT2D eigenvalue weighted by Gasteiger charge is -2.26. The highest BCUT2D eigenvalue weighted by Crippen LogP contribution is 2.29. The number of hydrogen-bond donors (Lipinski definition) is 1. The minimum absolute atomic E-state index is 0.208. The monoisotopic (exact) mass is 236 g/mol. The van der Waals surface area contributed by atoms with Gasteiger partial charge in [-0.15, -0.1) is 5.10 Å². The molecule has 0 aliphatic heterocycles. The highest BCUT2D eigenvalue weighted by Gasteiger charge is 2.25. The summed E-state index contributed by atoms with van der Waals surface area (Å²) in [6.45, 7) is 0.755. The number of Topliss-reactive ketones (excluding diaryl/α,β-unsaturated/α-hetero) is 1. The molecule has 1 saturated carbocycles. The fourth-order valence-corrected chi connectivity index (χ4v) is 2.52. The Bertz CT molecular complexity index is 380. The van der Waals surface area contributed by atoms with E-state index < -0.39 is 0 Å². The molecule has 5 nitrogen and oxygen atoms in total. The van der Waals surface area contributed by atoms with Crippen LogP contribution in [0.5, 0.6) is 0 Å². The topological polar surface area (TPSA) is 73.8 Å². The van der Waals surface area contributed by atoms with E-state index in [9.17, 15) is 4.79 Å². The summed E-state index contributed by atoms with van der Waals surface area (Å²) in [6.07, 6.45) is 6.39. The quantitative estimate of drug-likeness (QED) is 0.834. The molecule has 1 aromatic rings. The highest BCUT2D eigenvalue weighted by molar-refractivity contribution is 5.82. The van der Waals surface area contributed by atoms with Crippen LogP contribution < -0.4 is 5.73 Å². The second-order valence-electron chi connectivity index (χ2n) is 4.98. The lowest BCUT2D eigenvalue weighted by atomic mass is 9.79. The number of hydrogen-bond acceptors (Lipinski definition) is 4. The number of nitrogens with zero attached hydrogens (tertiary/aromatic N) is 3. The van der Waals surface area contributed by atoms with Crippen molar-refractivity contribution in [3.63, 3.8) is 0 Å². The molecule has 5 heteroatoms. The van der Waals surface area contributed by atoms with Crippen molar-refractivity contribution in [3.8, 4) is 0 Å². The van der Waals surface area contributed by atoms with Gasteiger partial charge in [0.1, 0.15) is 5.78 Å². The Morgan fingerprint density at radius 1 is 1.47 bits per heavy atom. The molecule has 17 heavy (non-hydrogen) atoms. The van der Waals surface area contributed by atoms with Gasteiger partial charge in [0.05, 0.1) is 12.1 Å². The van der Waals surface area contributed by atoms with E-state index in [0.29, 0.717) is 18.1 Å². The smallest absolute Gasteiger partial charge is 0.142 e. The molecule has 1 heterocycles. The van der Waals surface area contributed by atoms with Gasteiger partial charge in [-0.2, -0.15) is 0 Å². The van der Waals surface area contributed by atoms with Crippen LogP contribution >= 0.6 is 0 Å².